The molecule has 10 heteroatoms. The molecule has 1 aliphatic heterocycles. The van der Waals surface area contributed by atoms with Crippen LogP contribution in [-0.4, -0.2) is 76.7 Å². The lowest BCUT2D eigenvalue weighted by molar-refractivity contribution is -0.159. The first kappa shape index (κ1) is 21.0. The smallest absolute Gasteiger partial charge is 0.414 e. The summed E-state index contributed by atoms with van der Waals surface area (Å²) < 4.78 is 25.5. The standard InChI is InChI=1S/C13H21N3O2S.C2H2O4/c1-2-11-19(17,18)16-9-7-15(8-10-16)12-13-3-5-14-6-4-13;3-1(4)2(5)6/h3-6H,2,7-12H2,1H3;(H,3,4)(H,5,6). The minimum absolute atomic E-state index is 0.261. The van der Waals surface area contributed by atoms with Crippen LogP contribution in [0.25, 0.3) is 0 Å². The average Bonchev–Trinajstić information content (AvgIpc) is 2.57. The van der Waals surface area contributed by atoms with Crippen molar-refractivity contribution < 1.29 is 28.2 Å². The van der Waals surface area contributed by atoms with Crippen LogP contribution in [0.2, 0.25) is 0 Å². The van der Waals surface area contributed by atoms with Crippen LogP contribution in [0.5, 0.6) is 0 Å². The van der Waals surface area contributed by atoms with Gasteiger partial charge in [0.25, 0.3) is 0 Å². The molecule has 1 fully saturated rings. The Balaban J connectivity index is 0.000000450. The quantitative estimate of drug-likeness (QED) is 0.695. The first-order valence-corrected chi connectivity index (χ1v) is 9.42. The molecule has 1 aromatic heterocycles. The van der Waals surface area contributed by atoms with Crippen molar-refractivity contribution in [2.45, 2.75) is 19.9 Å². The molecule has 140 valence electrons. The van der Waals surface area contributed by atoms with E-state index >= 15 is 0 Å². The minimum atomic E-state index is -3.03. The number of hydrogen-bond donors (Lipinski definition) is 2. The molecule has 0 bridgehead atoms. The lowest BCUT2D eigenvalue weighted by Gasteiger charge is -2.33. The maximum atomic E-state index is 11.9. The van der Waals surface area contributed by atoms with Crippen LogP contribution in [0.4, 0.5) is 0 Å². The summed E-state index contributed by atoms with van der Waals surface area (Å²) in [6.07, 6.45) is 4.26. The third-order valence-corrected chi connectivity index (χ3v) is 5.60. The molecule has 0 radical (unpaired) electrons. The van der Waals surface area contributed by atoms with Gasteiger partial charge in [0.1, 0.15) is 0 Å². The maximum Gasteiger partial charge on any atom is 0.414 e. The Labute approximate surface area is 146 Å². The Hall–Kier alpha value is -2.04. The summed E-state index contributed by atoms with van der Waals surface area (Å²) in [4.78, 5) is 24.5. The summed E-state index contributed by atoms with van der Waals surface area (Å²) in [5, 5.41) is 14.8. The van der Waals surface area contributed by atoms with Crippen LogP contribution in [-0.2, 0) is 26.2 Å². The second-order valence-electron chi connectivity index (χ2n) is 5.46. The third kappa shape index (κ3) is 7.59. The molecule has 2 N–H and O–H groups in total. The van der Waals surface area contributed by atoms with E-state index in [2.05, 4.69) is 9.88 Å². The maximum absolute atomic E-state index is 11.9. The van der Waals surface area contributed by atoms with Crippen LogP contribution < -0.4 is 0 Å². The van der Waals surface area contributed by atoms with Crippen molar-refractivity contribution in [1.29, 1.82) is 0 Å². The molecular formula is C15H23N3O6S. The lowest BCUT2D eigenvalue weighted by Crippen LogP contribution is -2.48. The molecule has 0 aliphatic carbocycles. The monoisotopic (exact) mass is 373 g/mol. The second-order valence-corrected chi connectivity index (χ2v) is 7.55. The molecule has 0 spiro atoms. The number of carboxylic acids is 2. The highest BCUT2D eigenvalue weighted by molar-refractivity contribution is 7.89. The number of carboxylic acid groups (broad SMARTS) is 2. The number of sulfonamides is 1. The molecule has 1 saturated heterocycles. The van der Waals surface area contributed by atoms with Gasteiger partial charge in [-0.15, -0.1) is 0 Å². The van der Waals surface area contributed by atoms with Crippen molar-refractivity contribution in [3.63, 3.8) is 0 Å². The minimum Gasteiger partial charge on any atom is -0.473 e. The summed E-state index contributed by atoms with van der Waals surface area (Å²) >= 11 is 0. The molecule has 0 amide bonds. The zero-order valence-corrected chi connectivity index (χ0v) is 14.9. The van der Waals surface area contributed by atoms with Crippen molar-refractivity contribution in [2.75, 3.05) is 31.9 Å². The third-order valence-electron chi connectivity index (χ3n) is 3.53. The van der Waals surface area contributed by atoms with Crippen LogP contribution in [0.3, 0.4) is 0 Å². The zero-order chi connectivity index (χ0) is 18.9. The van der Waals surface area contributed by atoms with Crippen LogP contribution in [0, 0.1) is 0 Å². The molecular weight excluding hydrogens is 350 g/mol. The number of rotatable bonds is 5. The number of pyridine rings is 1. The molecule has 9 nitrogen and oxygen atoms in total. The van der Waals surface area contributed by atoms with E-state index in [9.17, 15) is 8.42 Å². The van der Waals surface area contributed by atoms with E-state index in [1.807, 2.05) is 19.1 Å². The molecule has 2 heterocycles. The summed E-state index contributed by atoms with van der Waals surface area (Å²) in [6, 6.07) is 4.00. The molecule has 25 heavy (non-hydrogen) atoms. The predicted molar refractivity (Wildman–Crippen MR) is 90.4 cm³/mol. The Kier molecular flexibility index (Phi) is 8.46. The molecule has 0 aromatic carbocycles. The van der Waals surface area contributed by atoms with Gasteiger partial charge in [-0.1, -0.05) is 6.92 Å². The van der Waals surface area contributed by atoms with E-state index in [1.165, 1.54) is 5.56 Å². The van der Waals surface area contributed by atoms with Crippen molar-refractivity contribution in [2.24, 2.45) is 0 Å². The van der Waals surface area contributed by atoms with E-state index in [1.54, 1.807) is 16.7 Å². The molecule has 0 unspecified atom stereocenters. The van der Waals surface area contributed by atoms with E-state index in [0.717, 1.165) is 19.6 Å². The SMILES string of the molecule is CCCS(=O)(=O)N1CCN(Cc2ccncc2)CC1.O=C(O)C(=O)O. The Morgan fingerprint density at radius 1 is 1.08 bits per heavy atom. The highest BCUT2D eigenvalue weighted by Gasteiger charge is 2.25. The number of aliphatic carboxylic acids is 2. The molecule has 0 saturated carbocycles. The predicted octanol–water partition coefficient (Wildman–Crippen LogP) is 0.0946. The molecule has 2 rings (SSSR count). The van der Waals surface area contributed by atoms with E-state index in [0.29, 0.717) is 19.5 Å². The van der Waals surface area contributed by atoms with Crippen molar-refractivity contribution in [3.05, 3.63) is 30.1 Å². The van der Waals surface area contributed by atoms with Gasteiger partial charge >= 0.3 is 11.9 Å². The highest BCUT2D eigenvalue weighted by atomic mass is 32.2. The number of aromatic nitrogens is 1. The Morgan fingerprint density at radius 3 is 2.04 bits per heavy atom. The first-order valence-electron chi connectivity index (χ1n) is 7.81. The topological polar surface area (TPSA) is 128 Å². The van der Waals surface area contributed by atoms with Crippen LogP contribution in [0.15, 0.2) is 24.5 Å². The summed E-state index contributed by atoms with van der Waals surface area (Å²) in [5.74, 6) is -3.39. The summed E-state index contributed by atoms with van der Waals surface area (Å²) in [6.45, 7) is 5.57. The summed E-state index contributed by atoms with van der Waals surface area (Å²) in [7, 11) is -3.03. The second kappa shape index (κ2) is 10.1. The first-order chi connectivity index (χ1) is 11.8. The van der Waals surface area contributed by atoms with Gasteiger partial charge in [-0.2, -0.15) is 4.31 Å². The molecule has 1 aliphatic rings. The average molecular weight is 373 g/mol. The van der Waals surface area contributed by atoms with Gasteiger partial charge < -0.3 is 10.2 Å². The van der Waals surface area contributed by atoms with Gasteiger partial charge in [-0.25, -0.2) is 18.0 Å². The number of nitrogens with zero attached hydrogens (tertiary/aromatic N) is 3. The van der Waals surface area contributed by atoms with Crippen LogP contribution >= 0.6 is 0 Å². The van der Waals surface area contributed by atoms with Crippen LogP contribution in [0.1, 0.15) is 18.9 Å². The van der Waals surface area contributed by atoms with Crippen molar-refractivity contribution >= 4 is 22.0 Å². The van der Waals surface area contributed by atoms with Gasteiger partial charge in [-0.05, 0) is 24.1 Å². The summed E-state index contributed by atoms with van der Waals surface area (Å²) in [5.41, 5.74) is 1.22. The lowest BCUT2D eigenvalue weighted by atomic mass is 10.2. The van der Waals surface area contributed by atoms with Crippen molar-refractivity contribution in [1.82, 2.24) is 14.2 Å². The van der Waals surface area contributed by atoms with Gasteiger partial charge in [0.05, 0.1) is 5.75 Å². The number of carbonyl (C=O) groups is 2. The van der Waals surface area contributed by atoms with Gasteiger partial charge in [0, 0.05) is 45.1 Å². The fourth-order valence-corrected chi connectivity index (χ4v) is 3.79. The normalized spacial score (nSPS) is 15.9. The van der Waals surface area contributed by atoms with E-state index in [4.69, 9.17) is 19.8 Å². The van der Waals surface area contributed by atoms with E-state index < -0.39 is 22.0 Å². The Bertz CT molecular complexity index is 645. The van der Waals surface area contributed by atoms with Gasteiger partial charge in [0.15, 0.2) is 0 Å². The molecule has 0 atom stereocenters. The Morgan fingerprint density at radius 2 is 1.60 bits per heavy atom. The zero-order valence-electron chi connectivity index (χ0n) is 14.0. The van der Waals surface area contributed by atoms with E-state index in [-0.39, 0.29) is 5.75 Å². The number of piperazine rings is 1. The van der Waals surface area contributed by atoms with Gasteiger partial charge in [0.2, 0.25) is 10.0 Å². The fraction of sp³-hybridized carbons (Fsp3) is 0.533. The largest absolute Gasteiger partial charge is 0.473 e. The highest BCUT2D eigenvalue weighted by Crippen LogP contribution is 2.11. The van der Waals surface area contributed by atoms with Gasteiger partial charge in [-0.3, -0.25) is 9.88 Å². The van der Waals surface area contributed by atoms with Crippen molar-refractivity contribution in [3.8, 4) is 0 Å². The molecule has 1 aromatic rings. The number of hydrogen-bond acceptors (Lipinski definition) is 6. The fourth-order valence-electron chi connectivity index (χ4n) is 2.30.